The van der Waals surface area contributed by atoms with Gasteiger partial charge in [-0.25, -0.2) is 29.3 Å². The maximum atomic E-state index is 11.8. The smallest absolute Gasteiger partial charge is 0.427 e. The molecule has 2 N–H and O–H groups in total. The molecule has 6 heterocycles. The Hall–Kier alpha value is -5.97. The number of carbonyl (C=O) groups excluding carboxylic acids is 2. The van der Waals surface area contributed by atoms with Crippen LogP contribution in [0.4, 0.5) is 0 Å². The number of ketones is 2. The van der Waals surface area contributed by atoms with Crippen LogP contribution in [0, 0.1) is 17.4 Å². The van der Waals surface area contributed by atoms with Gasteiger partial charge in [0.25, 0.3) is 0 Å². The molecule has 0 aliphatic heterocycles. The van der Waals surface area contributed by atoms with Crippen molar-refractivity contribution in [3.05, 3.63) is 141 Å². The van der Waals surface area contributed by atoms with Gasteiger partial charge in [0, 0.05) is 50.7 Å². The minimum absolute atomic E-state index is 0.0284. The third-order valence-electron chi connectivity index (χ3n) is 10.4. The number of hydrogen-bond donors (Lipinski definition) is 2. The van der Waals surface area contributed by atoms with Gasteiger partial charge in [0.15, 0.2) is 23.2 Å². The van der Waals surface area contributed by atoms with Crippen LogP contribution in [-0.2, 0) is 0 Å². The number of fused-ring (bicyclic) bond motifs is 2. The minimum Gasteiger partial charge on any atom is -0.427 e. The maximum absolute atomic E-state index is 11.8. The molecule has 12 nitrogen and oxygen atoms in total. The second kappa shape index (κ2) is 17.3. The van der Waals surface area contributed by atoms with Crippen LogP contribution in [0.1, 0.15) is 83.4 Å². The van der Waals surface area contributed by atoms with Crippen molar-refractivity contribution in [2.24, 2.45) is 0 Å². The van der Waals surface area contributed by atoms with E-state index < -0.39 is 7.12 Å². The zero-order valence-corrected chi connectivity index (χ0v) is 35.8. The van der Waals surface area contributed by atoms with Gasteiger partial charge in [-0.15, -0.1) is 0 Å². The molecule has 8 aromatic rings. The van der Waals surface area contributed by atoms with Gasteiger partial charge in [0.2, 0.25) is 0 Å². The van der Waals surface area contributed by atoms with Crippen LogP contribution in [0.3, 0.4) is 0 Å². The molecule has 14 heteroatoms. The number of Topliss-reactive ketones (excluding diaryl/α,β-unsaturated/α-hetero) is 2. The van der Waals surface area contributed by atoms with Crippen molar-refractivity contribution >= 4 is 63.1 Å². The molecular weight excluding hydrogens is 866 g/mol. The SMILES string of the molecule is CC(=O)c1cccc(-c2cc(C3CC3)c3cnn(-c4cccc(C)n4)c3c2)n1.CC(=O)c1cccc(-c2cc(I)c3cnn(-c4cccc(C)n4)c3c2)n1.OB(O)C1CC1. The molecule has 0 bridgehead atoms. The number of hydrogen-bond acceptors (Lipinski definition) is 10. The van der Waals surface area contributed by atoms with E-state index in [1.165, 1.54) is 25.3 Å². The van der Waals surface area contributed by atoms with E-state index in [0.29, 0.717) is 17.3 Å². The molecule has 2 fully saturated rings. The second-order valence-corrected chi connectivity index (χ2v) is 16.4. The first-order valence-electron chi connectivity index (χ1n) is 19.8. The lowest BCUT2D eigenvalue weighted by atomic mass is 9.84. The van der Waals surface area contributed by atoms with Gasteiger partial charge in [-0.05, 0) is 139 Å². The van der Waals surface area contributed by atoms with Crippen molar-refractivity contribution < 1.29 is 19.6 Å². The summed E-state index contributed by atoms with van der Waals surface area (Å²) in [7, 11) is -1.04. The Kier molecular flexibility index (Phi) is 11.8. The molecule has 6 aromatic heterocycles. The van der Waals surface area contributed by atoms with E-state index in [0.717, 1.165) is 83.8 Å². The van der Waals surface area contributed by atoms with E-state index in [1.807, 2.05) is 102 Å². The van der Waals surface area contributed by atoms with E-state index >= 15 is 0 Å². The molecule has 10 rings (SSSR count). The predicted octanol–water partition coefficient (Wildman–Crippen LogP) is 9.09. The molecule has 0 saturated heterocycles. The lowest BCUT2D eigenvalue weighted by molar-refractivity contribution is 0.100. The lowest BCUT2D eigenvalue weighted by Crippen LogP contribution is -2.09. The minimum atomic E-state index is -1.04. The van der Waals surface area contributed by atoms with Gasteiger partial charge in [-0.3, -0.25) is 9.59 Å². The average molecular weight is 909 g/mol. The molecule has 0 unspecified atom stereocenters. The van der Waals surface area contributed by atoms with Crippen molar-refractivity contribution in [3.8, 4) is 34.2 Å². The highest BCUT2D eigenvalue weighted by Gasteiger charge is 2.33. The van der Waals surface area contributed by atoms with Crippen LogP contribution in [0.15, 0.2) is 109 Å². The van der Waals surface area contributed by atoms with Crippen LogP contribution < -0.4 is 0 Å². The molecule has 2 aliphatic carbocycles. The summed E-state index contributed by atoms with van der Waals surface area (Å²) in [4.78, 5) is 41.7. The van der Waals surface area contributed by atoms with E-state index in [9.17, 15) is 9.59 Å². The van der Waals surface area contributed by atoms with E-state index in [2.05, 4.69) is 70.9 Å². The van der Waals surface area contributed by atoms with Gasteiger partial charge >= 0.3 is 7.12 Å². The standard InChI is InChI=1S/C23H20N4O.C20H15IN4O.C3H7BO2/c1-14-5-3-8-23(25-14)27-22-12-17(21-7-4-6-20(26-21)15(2)28)11-18(16-9-10-16)19(22)13-24-27;1-12-5-3-8-20(23-12)25-19-10-14(9-16(21)15(19)11-22-25)18-7-4-6-17(24-18)13(2)26;5-4(6)3-1-2-3/h3-8,11-13,16H,9-10H2,1-2H3;3-11H,1-2H3;3,5-6H,1-2H2. The van der Waals surface area contributed by atoms with Crippen molar-refractivity contribution in [2.45, 2.75) is 65.1 Å². The Morgan fingerprint density at radius 1 is 0.633 bits per heavy atom. The number of rotatable bonds is 8. The topological polar surface area (TPSA) is 162 Å². The normalized spacial score (nSPS) is 13.3. The highest BCUT2D eigenvalue weighted by Crippen LogP contribution is 2.45. The summed E-state index contributed by atoms with van der Waals surface area (Å²) in [5, 5.41) is 27.9. The third-order valence-corrected chi connectivity index (χ3v) is 11.3. The van der Waals surface area contributed by atoms with Crippen molar-refractivity contribution in [1.29, 1.82) is 0 Å². The molecule has 2 aromatic carbocycles. The number of halogens is 1. The molecule has 0 spiro atoms. The molecule has 2 saturated carbocycles. The number of carbonyl (C=O) groups is 2. The largest absolute Gasteiger partial charge is 0.454 e. The zero-order chi connectivity index (χ0) is 42.1. The van der Waals surface area contributed by atoms with Crippen LogP contribution in [0.5, 0.6) is 0 Å². The summed E-state index contributed by atoms with van der Waals surface area (Å²) < 4.78 is 4.80. The Morgan fingerprint density at radius 3 is 1.57 bits per heavy atom. The number of pyridine rings is 4. The van der Waals surface area contributed by atoms with Crippen molar-refractivity contribution in [2.75, 3.05) is 0 Å². The van der Waals surface area contributed by atoms with E-state index in [1.54, 1.807) is 19.1 Å². The van der Waals surface area contributed by atoms with Gasteiger partial charge in [-0.1, -0.05) is 37.1 Å². The summed E-state index contributed by atoms with van der Waals surface area (Å²) in [6.07, 6.45) is 8.19. The van der Waals surface area contributed by atoms with E-state index in [4.69, 9.17) is 10.0 Å². The number of aromatic nitrogens is 8. The molecule has 300 valence electrons. The first kappa shape index (κ1) is 40.8. The van der Waals surface area contributed by atoms with Gasteiger partial charge in [0.05, 0.1) is 34.8 Å². The quantitative estimate of drug-likeness (QED) is 0.0855. The third kappa shape index (κ3) is 9.10. The van der Waals surface area contributed by atoms with Crippen LogP contribution >= 0.6 is 22.6 Å². The number of nitrogens with zero attached hydrogens (tertiary/aromatic N) is 8. The summed E-state index contributed by atoms with van der Waals surface area (Å²) in [5.41, 5.74) is 9.65. The fourth-order valence-electron chi connectivity index (χ4n) is 6.90. The van der Waals surface area contributed by atoms with Crippen LogP contribution in [0.25, 0.3) is 56.0 Å². The van der Waals surface area contributed by atoms with Crippen molar-refractivity contribution in [1.82, 2.24) is 39.5 Å². The van der Waals surface area contributed by atoms with Crippen LogP contribution in [0.2, 0.25) is 5.82 Å². The number of benzene rings is 2. The van der Waals surface area contributed by atoms with Gasteiger partial charge < -0.3 is 10.0 Å². The lowest BCUT2D eigenvalue weighted by Gasteiger charge is -2.10. The first-order valence-corrected chi connectivity index (χ1v) is 20.9. The second-order valence-electron chi connectivity index (χ2n) is 15.2. The maximum Gasteiger partial charge on any atom is 0.454 e. The molecular formula is C46H42BIN8O4. The Labute approximate surface area is 361 Å². The summed E-state index contributed by atoms with van der Waals surface area (Å²) in [6.45, 7) is 7.01. The fourth-order valence-corrected chi connectivity index (χ4v) is 7.65. The monoisotopic (exact) mass is 908 g/mol. The molecule has 0 amide bonds. The Balaban J connectivity index is 0.000000146. The summed E-state index contributed by atoms with van der Waals surface area (Å²) in [5.74, 6) is 2.29. The molecule has 60 heavy (non-hydrogen) atoms. The van der Waals surface area contributed by atoms with Crippen LogP contribution in [-0.4, -0.2) is 68.2 Å². The van der Waals surface area contributed by atoms with E-state index in [-0.39, 0.29) is 17.4 Å². The summed E-state index contributed by atoms with van der Waals surface area (Å²) >= 11 is 2.30. The number of aryl methyl sites for hydroxylation is 2. The highest BCUT2D eigenvalue weighted by molar-refractivity contribution is 14.1. The van der Waals surface area contributed by atoms with Gasteiger partial charge in [0.1, 0.15) is 11.4 Å². The predicted molar refractivity (Wildman–Crippen MR) is 242 cm³/mol. The Bertz CT molecular complexity index is 2900. The molecule has 2 aliphatic rings. The average Bonchev–Trinajstić information content (AvgIpc) is 4.19. The van der Waals surface area contributed by atoms with Crippen molar-refractivity contribution in [3.63, 3.8) is 0 Å². The molecule has 0 radical (unpaired) electrons. The first-order chi connectivity index (χ1) is 28.9. The zero-order valence-electron chi connectivity index (χ0n) is 33.6. The Morgan fingerprint density at radius 2 is 1.12 bits per heavy atom. The summed E-state index contributed by atoms with van der Waals surface area (Å²) in [6, 6.07) is 31.3. The highest BCUT2D eigenvalue weighted by atomic mass is 127. The fraction of sp³-hybridized carbons (Fsp3) is 0.217. The van der Waals surface area contributed by atoms with Gasteiger partial charge in [-0.2, -0.15) is 10.2 Å². The molecule has 0 atom stereocenters.